The molecule has 1 aromatic heterocycles. The van der Waals surface area contributed by atoms with Gasteiger partial charge in [0.1, 0.15) is 5.75 Å². The molecular formula is C15H15N5O. The van der Waals surface area contributed by atoms with Crippen molar-refractivity contribution in [1.82, 2.24) is 20.2 Å². The highest BCUT2D eigenvalue weighted by Crippen LogP contribution is 2.27. The second kappa shape index (κ2) is 5.24. The minimum absolute atomic E-state index is 0.549. The summed E-state index contributed by atoms with van der Waals surface area (Å²) in [6, 6.07) is 13.5. The molecule has 6 nitrogen and oxygen atoms in total. The zero-order valence-corrected chi connectivity index (χ0v) is 11.8. The van der Waals surface area contributed by atoms with Crippen LogP contribution < -0.4 is 10.5 Å². The first-order valence-electron chi connectivity index (χ1n) is 6.48. The lowest BCUT2D eigenvalue weighted by Gasteiger charge is -2.08. The molecule has 106 valence electrons. The standard InChI is InChI=1S/C15H15N5O/c1-10-3-6-12(7-4-10)20-15(17-18-19-20)11-5-8-14(21-2)13(16)9-11/h3-9H,16H2,1-2H3. The lowest BCUT2D eigenvalue weighted by Crippen LogP contribution is -2.00. The molecule has 0 radical (unpaired) electrons. The molecule has 0 spiro atoms. The first kappa shape index (κ1) is 13.1. The van der Waals surface area contributed by atoms with Crippen LogP contribution in [-0.4, -0.2) is 27.3 Å². The Labute approximate surface area is 122 Å². The largest absolute Gasteiger partial charge is 0.495 e. The number of ether oxygens (including phenoxy) is 1. The van der Waals surface area contributed by atoms with E-state index in [1.807, 2.05) is 37.3 Å². The molecule has 0 fully saturated rings. The van der Waals surface area contributed by atoms with E-state index in [4.69, 9.17) is 10.5 Å². The predicted molar refractivity (Wildman–Crippen MR) is 80.3 cm³/mol. The Kier molecular flexibility index (Phi) is 3.27. The number of hydrogen-bond donors (Lipinski definition) is 1. The summed E-state index contributed by atoms with van der Waals surface area (Å²) in [5.74, 6) is 1.27. The van der Waals surface area contributed by atoms with E-state index in [0.29, 0.717) is 17.3 Å². The number of tetrazole rings is 1. The molecule has 6 heteroatoms. The van der Waals surface area contributed by atoms with Crippen molar-refractivity contribution in [3.8, 4) is 22.8 Å². The minimum atomic E-state index is 0.549. The van der Waals surface area contributed by atoms with Gasteiger partial charge < -0.3 is 10.5 Å². The van der Waals surface area contributed by atoms with E-state index in [-0.39, 0.29) is 0 Å². The Morgan fingerprint density at radius 2 is 1.86 bits per heavy atom. The van der Waals surface area contributed by atoms with Crippen LogP contribution >= 0.6 is 0 Å². The van der Waals surface area contributed by atoms with E-state index in [2.05, 4.69) is 15.5 Å². The Hall–Kier alpha value is -2.89. The number of nitrogens with two attached hydrogens (primary N) is 1. The highest BCUT2D eigenvalue weighted by atomic mass is 16.5. The number of rotatable bonds is 3. The van der Waals surface area contributed by atoms with Gasteiger partial charge in [-0.2, -0.15) is 4.68 Å². The van der Waals surface area contributed by atoms with Gasteiger partial charge in [-0.1, -0.05) is 17.7 Å². The SMILES string of the molecule is COc1ccc(-c2nnnn2-c2ccc(C)cc2)cc1N. The van der Waals surface area contributed by atoms with Crippen molar-refractivity contribution in [3.63, 3.8) is 0 Å². The fraction of sp³-hybridized carbons (Fsp3) is 0.133. The van der Waals surface area contributed by atoms with Gasteiger partial charge in [-0.05, 0) is 47.7 Å². The smallest absolute Gasteiger partial charge is 0.187 e. The first-order valence-corrected chi connectivity index (χ1v) is 6.48. The minimum Gasteiger partial charge on any atom is -0.495 e. The van der Waals surface area contributed by atoms with Crippen LogP contribution in [0, 0.1) is 6.92 Å². The van der Waals surface area contributed by atoms with Gasteiger partial charge in [0, 0.05) is 5.56 Å². The number of methoxy groups -OCH3 is 1. The lowest BCUT2D eigenvalue weighted by molar-refractivity contribution is 0.417. The lowest BCUT2D eigenvalue weighted by atomic mass is 10.1. The topological polar surface area (TPSA) is 78.9 Å². The molecule has 3 aromatic rings. The molecule has 1 heterocycles. The van der Waals surface area contributed by atoms with Crippen LogP contribution in [0.25, 0.3) is 17.1 Å². The highest BCUT2D eigenvalue weighted by Gasteiger charge is 2.12. The van der Waals surface area contributed by atoms with Crippen molar-refractivity contribution in [1.29, 1.82) is 0 Å². The number of nitrogens with zero attached hydrogens (tertiary/aromatic N) is 4. The maximum absolute atomic E-state index is 5.94. The molecule has 2 aromatic carbocycles. The normalized spacial score (nSPS) is 10.6. The van der Waals surface area contributed by atoms with Gasteiger partial charge in [-0.15, -0.1) is 5.10 Å². The third kappa shape index (κ3) is 2.43. The molecule has 0 aliphatic rings. The Bertz CT molecular complexity index is 764. The molecule has 21 heavy (non-hydrogen) atoms. The van der Waals surface area contributed by atoms with Crippen LogP contribution in [0.15, 0.2) is 42.5 Å². The Balaban J connectivity index is 2.06. The summed E-state index contributed by atoms with van der Waals surface area (Å²) in [7, 11) is 1.59. The molecule has 0 amide bonds. The molecule has 0 aliphatic carbocycles. The number of aryl methyl sites for hydroxylation is 1. The number of aromatic nitrogens is 4. The summed E-state index contributed by atoms with van der Waals surface area (Å²) >= 11 is 0. The van der Waals surface area contributed by atoms with Crippen molar-refractivity contribution in [3.05, 3.63) is 48.0 Å². The molecular weight excluding hydrogens is 266 g/mol. The van der Waals surface area contributed by atoms with Gasteiger partial charge in [-0.3, -0.25) is 0 Å². The molecule has 0 unspecified atom stereocenters. The van der Waals surface area contributed by atoms with Gasteiger partial charge in [0.2, 0.25) is 0 Å². The van der Waals surface area contributed by atoms with Crippen molar-refractivity contribution in [2.24, 2.45) is 0 Å². The monoisotopic (exact) mass is 281 g/mol. The fourth-order valence-electron chi connectivity index (χ4n) is 2.10. The van der Waals surface area contributed by atoms with Gasteiger partial charge in [0.15, 0.2) is 5.82 Å². The van der Waals surface area contributed by atoms with Crippen molar-refractivity contribution in [2.75, 3.05) is 12.8 Å². The summed E-state index contributed by atoms with van der Waals surface area (Å²) in [4.78, 5) is 0. The molecule has 0 saturated heterocycles. The van der Waals surface area contributed by atoms with Crippen LogP contribution in [0.5, 0.6) is 5.75 Å². The van der Waals surface area contributed by atoms with E-state index in [1.165, 1.54) is 5.56 Å². The zero-order valence-electron chi connectivity index (χ0n) is 11.8. The van der Waals surface area contributed by atoms with Crippen molar-refractivity contribution >= 4 is 5.69 Å². The molecule has 0 atom stereocenters. The number of benzene rings is 2. The quantitative estimate of drug-likeness (QED) is 0.745. The second-order valence-electron chi connectivity index (χ2n) is 4.71. The van der Waals surface area contributed by atoms with E-state index in [1.54, 1.807) is 23.9 Å². The predicted octanol–water partition coefficient (Wildman–Crippen LogP) is 2.23. The van der Waals surface area contributed by atoms with Crippen LogP contribution in [0.4, 0.5) is 5.69 Å². The van der Waals surface area contributed by atoms with Crippen LogP contribution in [0.1, 0.15) is 5.56 Å². The first-order chi connectivity index (χ1) is 10.2. The average molecular weight is 281 g/mol. The second-order valence-corrected chi connectivity index (χ2v) is 4.71. The zero-order chi connectivity index (χ0) is 14.8. The summed E-state index contributed by atoms with van der Waals surface area (Å²) in [5, 5.41) is 11.9. The summed E-state index contributed by atoms with van der Waals surface area (Å²) in [6.45, 7) is 2.04. The van der Waals surface area contributed by atoms with Gasteiger partial charge >= 0.3 is 0 Å². The molecule has 3 rings (SSSR count). The van der Waals surface area contributed by atoms with Gasteiger partial charge in [0.05, 0.1) is 18.5 Å². The maximum atomic E-state index is 5.94. The number of hydrogen-bond acceptors (Lipinski definition) is 5. The van der Waals surface area contributed by atoms with Crippen molar-refractivity contribution in [2.45, 2.75) is 6.92 Å². The van der Waals surface area contributed by atoms with Gasteiger partial charge in [0.25, 0.3) is 0 Å². The van der Waals surface area contributed by atoms with E-state index < -0.39 is 0 Å². The van der Waals surface area contributed by atoms with Crippen LogP contribution in [-0.2, 0) is 0 Å². The summed E-state index contributed by atoms with van der Waals surface area (Å²) in [6.07, 6.45) is 0. The average Bonchev–Trinajstić information content (AvgIpc) is 2.97. The maximum Gasteiger partial charge on any atom is 0.187 e. The van der Waals surface area contributed by atoms with E-state index in [0.717, 1.165) is 11.3 Å². The van der Waals surface area contributed by atoms with E-state index in [9.17, 15) is 0 Å². The third-order valence-corrected chi connectivity index (χ3v) is 3.24. The van der Waals surface area contributed by atoms with Crippen LogP contribution in [0.2, 0.25) is 0 Å². The molecule has 0 bridgehead atoms. The van der Waals surface area contributed by atoms with Crippen LogP contribution in [0.3, 0.4) is 0 Å². The van der Waals surface area contributed by atoms with E-state index >= 15 is 0 Å². The Morgan fingerprint density at radius 1 is 1.10 bits per heavy atom. The number of anilines is 1. The molecule has 2 N–H and O–H groups in total. The van der Waals surface area contributed by atoms with Crippen molar-refractivity contribution < 1.29 is 4.74 Å². The fourth-order valence-corrected chi connectivity index (χ4v) is 2.10. The highest BCUT2D eigenvalue weighted by molar-refractivity contribution is 5.67. The molecule has 0 saturated carbocycles. The molecule has 0 aliphatic heterocycles. The third-order valence-electron chi connectivity index (χ3n) is 3.24. The Morgan fingerprint density at radius 3 is 2.52 bits per heavy atom. The van der Waals surface area contributed by atoms with Gasteiger partial charge in [-0.25, -0.2) is 0 Å². The summed E-state index contributed by atoms with van der Waals surface area (Å²) < 4.78 is 6.84. The number of nitrogen functional groups attached to an aromatic ring is 1. The summed E-state index contributed by atoms with van der Waals surface area (Å²) in [5.41, 5.74) is 9.41.